The zero-order chi connectivity index (χ0) is 12.0. The number of Topliss-reactive ketones (excluding diaryl/α,β-unsaturated/α-hetero) is 1. The molecule has 0 spiro atoms. The summed E-state index contributed by atoms with van der Waals surface area (Å²) >= 11 is 0. The van der Waals surface area contributed by atoms with Crippen molar-refractivity contribution < 1.29 is 24.6 Å². The molecule has 0 amide bonds. The average Bonchev–Trinajstić information content (AvgIpc) is 2.10. The van der Waals surface area contributed by atoms with Crippen LogP contribution in [0.1, 0.15) is 33.1 Å². The number of hydrogen-bond acceptors (Lipinski definition) is 3. The maximum atomic E-state index is 11.1. The Kier molecular flexibility index (Phi) is 5.59. The quantitative estimate of drug-likeness (QED) is 0.666. The lowest BCUT2D eigenvalue weighted by atomic mass is 9.89. The van der Waals surface area contributed by atoms with Gasteiger partial charge in [-0.05, 0) is 19.8 Å². The molecule has 0 saturated heterocycles. The third-order valence-corrected chi connectivity index (χ3v) is 2.34. The highest BCUT2D eigenvalue weighted by Gasteiger charge is 2.22. The molecule has 0 bridgehead atoms. The van der Waals surface area contributed by atoms with E-state index < -0.39 is 23.8 Å². The fourth-order valence-corrected chi connectivity index (χ4v) is 1.31. The molecule has 2 atom stereocenters. The molecule has 5 nitrogen and oxygen atoms in total. The fourth-order valence-electron chi connectivity index (χ4n) is 1.31. The van der Waals surface area contributed by atoms with E-state index in [2.05, 4.69) is 0 Å². The summed E-state index contributed by atoms with van der Waals surface area (Å²) in [5, 5.41) is 17.1. The van der Waals surface area contributed by atoms with Crippen LogP contribution in [0, 0.1) is 11.8 Å². The van der Waals surface area contributed by atoms with E-state index >= 15 is 0 Å². The van der Waals surface area contributed by atoms with Crippen molar-refractivity contribution in [3.63, 3.8) is 0 Å². The number of carbonyl (C=O) groups excluding carboxylic acids is 1. The van der Waals surface area contributed by atoms with Crippen LogP contribution in [0.15, 0.2) is 0 Å². The lowest BCUT2D eigenvalue weighted by Crippen LogP contribution is -2.20. The van der Waals surface area contributed by atoms with E-state index in [0.717, 1.165) is 0 Å². The Morgan fingerprint density at radius 1 is 1.20 bits per heavy atom. The van der Waals surface area contributed by atoms with Gasteiger partial charge in [-0.1, -0.05) is 6.92 Å². The molecule has 0 aromatic carbocycles. The van der Waals surface area contributed by atoms with Gasteiger partial charge in [0, 0.05) is 12.3 Å². The van der Waals surface area contributed by atoms with Gasteiger partial charge in [0.25, 0.3) is 0 Å². The van der Waals surface area contributed by atoms with Crippen molar-refractivity contribution in [1.82, 2.24) is 0 Å². The third kappa shape index (κ3) is 5.83. The SMILES string of the molecule is CC(=O)C(CCC(=O)O)CC(C)C(=O)O. The lowest BCUT2D eigenvalue weighted by Gasteiger charge is -2.14. The number of ketones is 1. The minimum absolute atomic E-state index is 0.101. The first-order valence-electron chi connectivity index (χ1n) is 4.79. The molecule has 0 rings (SSSR count). The second-order valence-corrected chi connectivity index (χ2v) is 3.71. The van der Waals surface area contributed by atoms with Gasteiger partial charge >= 0.3 is 11.9 Å². The molecule has 5 heteroatoms. The third-order valence-electron chi connectivity index (χ3n) is 2.34. The Hall–Kier alpha value is -1.39. The second-order valence-electron chi connectivity index (χ2n) is 3.71. The van der Waals surface area contributed by atoms with Crippen LogP contribution in [-0.4, -0.2) is 27.9 Å². The topological polar surface area (TPSA) is 91.7 Å². The highest BCUT2D eigenvalue weighted by atomic mass is 16.4. The van der Waals surface area contributed by atoms with Crippen molar-refractivity contribution in [3.8, 4) is 0 Å². The summed E-state index contributed by atoms with van der Waals surface area (Å²) in [7, 11) is 0. The predicted octanol–water partition coefficient (Wildman–Crippen LogP) is 1.17. The Labute approximate surface area is 88.1 Å². The first kappa shape index (κ1) is 13.6. The Morgan fingerprint density at radius 2 is 1.73 bits per heavy atom. The van der Waals surface area contributed by atoms with Gasteiger partial charge in [0.1, 0.15) is 5.78 Å². The molecule has 86 valence electrons. The maximum Gasteiger partial charge on any atom is 0.306 e. The standard InChI is InChI=1S/C10H16O5/c1-6(10(14)15)5-8(7(2)11)3-4-9(12)13/h6,8H,3-5H2,1-2H3,(H,12,13)(H,14,15). The van der Waals surface area contributed by atoms with E-state index in [4.69, 9.17) is 10.2 Å². The summed E-state index contributed by atoms with van der Waals surface area (Å²) in [6.45, 7) is 2.88. The second kappa shape index (κ2) is 6.16. The largest absolute Gasteiger partial charge is 0.481 e. The highest BCUT2D eigenvalue weighted by Crippen LogP contribution is 2.18. The van der Waals surface area contributed by atoms with Crippen LogP contribution in [0.25, 0.3) is 0 Å². The molecule has 0 aromatic rings. The molecular formula is C10H16O5. The highest BCUT2D eigenvalue weighted by molar-refractivity contribution is 5.80. The van der Waals surface area contributed by atoms with Crippen LogP contribution in [0.2, 0.25) is 0 Å². The minimum Gasteiger partial charge on any atom is -0.481 e. The Morgan fingerprint density at radius 3 is 2.07 bits per heavy atom. The summed E-state index contributed by atoms with van der Waals surface area (Å²) in [6.07, 6.45) is 0.316. The van der Waals surface area contributed by atoms with Crippen LogP contribution in [0.3, 0.4) is 0 Å². The maximum absolute atomic E-state index is 11.1. The van der Waals surface area contributed by atoms with Crippen LogP contribution < -0.4 is 0 Å². The lowest BCUT2D eigenvalue weighted by molar-refractivity contribution is -0.141. The zero-order valence-electron chi connectivity index (χ0n) is 8.90. The molecule has 0 aliphatic heterocycles. The number of hydrogen-bond donors (Lipinski definition) is 2. The molecule has 0 radical (unpaired) electrons. The van der Waals surface area contributed by atoms with Crippen LogP contribution in [0.4, 0.5) is 0 Å². The summed E-state index contributed by atoms with van der Waals surface area (Å²) in [5.74, 6) is -3.16. The number of carbonyl (C=O) groups is 3. The van der Waals surface area contributed by atoms with E-state index in [1.165, 1.54) is 13.8 Å². The Bertz CT molecular complexity index is 259. The van der Waals surface area contributed by atoms with E-state index in [1.807, 2.05) is 0 Å². The smallest absolute Gasteiger partial charge is 0.306 e. The number of carboxylic acid groups (broad SMARTS) is 2. The molecule has 0 fully saturated rings. The van der Waals surface area contributed by atoms with Gasteiger partial charge in [-0.2, -0.15) is 0 Å². The predicted molar refractivity (Wildman–Crippen MR) is 52.5 cm³/mol. The molecular weight excluding hydrogens is 200 g/mol. The van der Waals surface area contributed by atoms with Gasteiger partial charge in [-0.25, -0.2) is 0 Å². The zero-order valence-corrected chi connectivity index (χ0v) is 8.90. The van der Waals surface area contributed by atoms with Crippen molar-refractivity contribution in [2.24, 2.45) is 11.8 Å². The molecule has 2 unspecified atom stereocenters. The van der Waals surface area contributed by atoms with Gasteiger partial charge in [0.15, 0.2) is 0 Å². The monoisotopic (exact) mass is 216 g/mol. The molecule has 2 N–H and O–H groups in total. The van der Waals surface area contributed by atoms with Crippen molar-refractivity contribution in [1.29, 1.82) is 0 Å². The van der Waals surface area contributed by atoms with Gasteiger partial charge < -0.3 is 10.2 Å². The van der Waals surface area contributed by atoms with Gasteiger partial charge in [0.2, 0.25) is 0 Å². The number of rotatable bonds is 7. The average molecular weight is 216 g/mol. The molecule has 0 saturated carbocycles. The first-order valence-corrected chi connectivity index (χ1v) is 4.79. The van der Waals surface area contributed by atoms with Gasteiger partial charge in [0.05, 0.1) is 5.92 Å². The fraction of sp³-hybridized carbons (Fsp3) is 0.700. The van der Waals surface area contributed by atoms with Crippen LogP contribution >= 0.6 is 0 Å². The van der Waals surface area contributed by atoms with Gasteiger partial charge in [-0.3, -0.25) is 14.4 Å². The molecule has 0 heterocycles. The summed E-state index contributed by atoms with van der Waals surface area (Å²) in [4.78, 5) is 32.0. The minimum atomic E-state index is -0.968. The van der Waals surface area contributed by atoms with E-state index in [9.17, 15) is 14.4 Å². The summed E-state index contributed by atoms with van der Waals surface area (Å²) in [5.41, 5.74) is 0. The molecule has 15 heavy (non-hydrogen) atoms. The molecule has 0 aliphatic carbocycles. The van der Waals surface area contributed by atoms with Crippen molar-refractivity contribution >= 4 is 17.7 Å². The summed E-state index contributed by atoms with van der Waals surface area (Å²) in [6, 6.07) is 0. The normalized spacial score (nSPS) is 14.3. The molecule has 0 aliphatic rings. The number of aliphatic carboxylic acids is 2. The van der Waals surface area contributed by atoms with Crippen molar-refractivity contribution in [2.45, 2.75) is 33.1 Å². The summed E-state index contributed by atoms with van der Waals surface area (Å²) < 4.78 is 0. The van der Waals surface area contributed by atoms with E-state index in [-0.39, 0.29) is 25.0 Å². The Balaban J connectivity index is 4.22. The van der Waals surface area contributed by atoms with Crippen LogP contribution in [-0.2, 0) is 14.4 Å². The van der Waals surface area contributed by atoms with Gasteiger partial charge in [-0.15, -0.1) is 0 Å². The van der Waals surface area contributed by atoms with E-state index in [0.29, 0.717) is 0 Å². The first-order chi connectivity index (χ1) is 6.84. The van der Waals surface area contributed by atoms with Crippen molar-refractivity contribution in [2.75, 3.05) is 0 Å². The van der Waals surface area contributed by atoms with E-state index in [1.54, 1.807) is 0 Å². The van der Waals surface area contributed by atoms with Crippen LogP contribution in [0.5, 0.6) is 0 Å². The number of carboxylic acids is 2. The molecule has 0 aromatic heterocycles. The van der Waals surface area contributed by atoms with Crippen molar-refractivity contribution in [3.05, 3.63) is 0 Å².